The summed E-state index contributed by atoms with van der Waals surface area (Å²) >= 11 is 1.58. The number of aromatic nitrogens is 2. The van der Waals surface area contributed by atoms with Crippen molar-refractivity contribution < 1.29 is 4.74 Å². The third-order valence-corrected chi connectivity index (χ3v) is 5.68. The maximum atomic E-state index is 6.15. The number of fused-ring (bicyclic) bond motifs is 1. The van der Waals surface area contributed by atoms with Gasteiger partial charge in [-0.05, 0) is 53.6 Å². The van der Waals surface area contributed by atoms with Gasteiger partial charge in [0.1, 0.15) is 16.1 Å². The number of aryl methyl sites for hydroxylation is 2. The Balaban J connectivity index is 1.69. The fourth-order valence-electron chi connectivity index (χ4n) is 3.13. The standard InChI is InChI=1S/C24H24N2OS/c1-15-9-10-18(17-7-6-8-19(13-17)24(3,4)5)14-21(15)27-22-12-11-20-23(26-22)28-16(2)25-20/h6-14H,1-5H3. The highest BCUT2D eigenvalue weighted by Crippen LogP contribution is 2.33. The zero-order valence-corrected chi connectivity index (χ0v) is 17.7. The second-order valence-corrected chi connectivity index (χ2v) is 9.30. The lowest BCUT2D eigenvalue weighted by Crippen LogP contribution is -2.10. The monoisotopic (exact) mass is 388 g/mol. The van der Waals surface area contributed by atoms with E-state index in [4.69, 9.17) is 4.74 Å². The van der Waals surface area contributed by atoms with Gasteiger partial charge < -0.3 is 4.74 Å². The molecule has 0 saturated carbocycles. The van der Waals surface area contributed by atoms with Crippen LogP contribution < -0.4 is 4.74 Å². The molecule has 0 amide bonds. The molecule has 0 aliphatic carbocycles. The zero-order valence-electron chi connectivity index (χ0n) is 16.9. The fourth-order valence-corrected chi connectivity index (χ4v) is 3.91. The van der Waals surface area contributed by atoms with E-state index in [1.807, 2.05) is 19.1 Å². The highest BCUT2D eigenvalue weighted by atomic mass is 32.1. The molecule has 0 N–H and O–H groups in total. The van der Waals surface area contributed by atoms with Crippen molar-refractivity contribution in [2.75, 3.05) is 0 Å². The number of hydrogen-bond acceptors (Lipinski definition) is 4. The van der Waals surface area contributed by atoms with Gasteiger partial charge in [-0.2, -0.15) is 0 Å². The molecule has 0 aliphatic heterocycles. The lowest BCUT2D eigenvalue weighted by Gasteiger charge is -2.20. The molecule has 4 aromatic rings. The maximum absolute atomic E-state index is 6.15. The van der Waals surface area contributed by atoms with Crippen molar-refractivity contribution in [2.45, 2.75) is 40.0 Å². The van der Waals surface area contributed by atoms with Gasteiger partial charge in [-0.15, -0.1) is 0 Å². The summed E-state index contributed by atoms with van der Waals surface area (Å²) in [4.78, 5) is 9.98. The van der Waals surface area contributed by atoms with E-state index in [-0.39, 0.29) is 5.41 Å². The van der Waals surface area contributed by atoms with Crippen LogP contribution in [0.2, 0.25) is 0 Å². The van der Waals surface area contributed by atoms with Crippen LogP contribution in [0, 0.1) is 13.8 Å². The number of benzene rings is 2. The van der Waals surface area contributed by atoms with Gasteiger partial charge >= 0.3 is 0 Å². The molecule has 0 radical (unpaired) electrons. The first-order valence-electron chi connectivity index (χ1n) is 9.43. The average Bonchev–Trinajstić information content (AvgIpc) is 3.02. The molecular weight excluding hydrogens is 364 g/mol. The van der Waals surface area contributed by atoms with Crippen molar-refractivity contribution in [3.63, 3.8) is 0 Å². The van der Waals surface area contributed by atoms with Crippen molar-refractivity contribution in [1.82, 2.24) is 9.97 Å². The minimum absolute atomic E-state index is 0.117. The van der Waals surface area contributed by atoms with Crippen LogP contribution in [-0.4, -0.2) is 9.97 Å². The maximum Gasteiger partial charge on any atom is 0.220 e. The van der Waals surface area contributed by atoms with Gasteiger partial charge in [0.25, 0.3) is 0 Å². The first-order chi connectivity index (χ1) is 13.3. The topological polar surface area (TPSA) is 35.0 Å². The average molecular weight is 389 g/mol. The van der Waals surface area contributed by atoms with Gasteiger partial charge in [0, 0.05) is 6.07 Å². The third-order valence-electron chi connectivity index (χ3n) is 4.80. The largest absolute Gasteiger partial charge is 0.439 e. The number of ether oxygens (including phenoxy) is 1. The van der Waals surface area contributed by atoms with Gasteiger partial charge in [-0.3, -0.25) is 0 Å². The smallest absolute Gasteiger partial charge is 0.220 e. The molecule has 28 heavy (non-hydrogen) atoms. The second kappa shape index (κ2) is 7.02. The van der Waals surface area contributed by atoms with Crippen LogP contribution in [-0.2, 0) is 5.41 Å². The Bertz CT molecular complexity index is 1150. The quantitative estimate of drug-likeness (QED) is 0.376. The van der Waals surface area contributed by atoms with Crippen LogP contribution in [0.3, 0.4) is 0 Å². The van der Waals surface area contributed by atoms with Crippen molar-refractivity contribution in [1.29, 1.82) is 0 Å². The van der Waals surface area contributed by atoms with Crippen molar-refractivity contribution in [3.8, 4) is 22.8 Å². The molecule has 4 heteroatoms. The van der Waals surface area contributed by atoms with Gasteiger partial charge in [-0.1, -0.05) is 68.5 Å². The molecule has 0 spiro atoms. The lowest BCUT2D eigenvalue weighted by molar-refractivity contribution is 0.462. The molecule has 0 bridgehead atoms. The molecule has 0 saturated heterocycles. The summed E-state index contributed by atoms with van der Waals surface area (Å²) in [7, 11) is 0. The summed E-state index contributed by atoms with van der Waals surface area (Å²) < 4.78 is 6.15. The van der Waals surface area contributed by atoms with E-state index in [1.165, 1.54) is 11.1 Å². The first-order valence-corrected chi connectivity index (χ1v) is 10.2. The molecule has 4 rings (SSSR count). The molecule has 3 nitrogen and oxygen atoms in total. The van der Waals surface area contributed by atoms with Crippen molar-refractivity contribution in [2.24, 2.45) is 0 Å². The highest BCUT2D eigenvalue weighted by molar-refractivity contribution is 7.18. The fraction of sp³-hybridized carbons (Fsp3) is 0.250. The predicted octanol–water partition coefficient (Wildman–Crippen LogP) is 7.06. The summed E-state index contributed by atoms with van der Waals surface area (Å²) in [6.45, 7) is 10.8. The van der Waals surface area contributed by atoms with Crippen LogP contribution in [0.25, 0.3) is 21.5 Å². The summed E-state index contributed by atoms with van der Waals surface area (Å²) in [6, 6.07) is 18.9. The summed E-state index contributed by atoms with van der Waals surface area (Å²) in [5.74, 6) is 1.42. The van der Waals surface area contributed by atoms with E-state index in [0.717, 1.165) is 32.2 Å². The molecule has 0 atom stereocenters. The molecule has 0 fully saturated rings. The van der Waals surface area contributed by atoms with Crippen LogP contribution in [0.1, 0.15) is 36.9 Å². The third kappa shape index (κ3) is 3.78. The van der Waals surface area contributed by atoms with Crippen molar-refractivity contribution in [3.05, 3.63) is 70.7 Å². The van der Waals surface area contributed by atoms with E-state index < -0.39 is 0 Å². The molecule has 142 valence electrons. The van der Waals surface area contributed by atoms with Gasteiger partial charge in [-0.25, -0.2) is 9.97 Å². The van der Waals surface area contributed by atoms with E-state index >= 15 is 0 Å². The number of rotatable bonds is 3. The predicted molar refractivity (Wildman–Crippen MR) is 118 cm³/mol. The van der Waals surface area contributed by atoms with E-state index in [9.17, 15) is 0 Å². The SMILES string of the molecule is Cc1nc2ccc(Oc3cc(-c4cccc(C(C)(C)C)c4)ccc3C)nc2s1. The summed E-state index contributed by atoms with van der Waals surface area (Å²) in [6.07, 6.45) is 0. The van der Waals surface area contributed by atoms with E-state index in [2.05, 4.69) is 80.1 Å². The molecule has 0 unspecified atom stereocenters. The first kappa shape index (κ1) is 18.6. The van der Waals surface area contributed by atoms with Crippen LogP contribution in [0.5, 0.6) is 11.6 Å². The number of hydrogen-bond donors (Lipinski definition) is 0. The van der Waals surface area contributed by atoms with Gasteiger partial charge in [0.05, 0.1) is 5.01 Å². The highest BCUT2D eigenvalue weighted by Gasteiger charge is 2.14. The molecule has 2 aromatic carbocycles. The van der Waals surface area contributed by atoms with Crippen molar-refractivity contribution >= 4 is 21.7 Å². The van der Waals surface area contributed by atoms with Gasteiger partial charge in [0.15, 0.2) is 0 Å². The van der Waals surface area contributed by atoms with Crippen LogP contribution in [0.15, 0.2) is 54.6 Å². The van der Waals surface area contributed by atoms with Crippen LogP contribution in [0.4, 0.5) is 0 Å². The Morgan fingerprint density at radius 3 is 2.43 bits per heavy atom. The Morgan fingerprint density at radius 1 is 0.857 bits per heavy atom. The molecule has 2 heterocycles. The summed E-state index contributed by atoms with van der Waals surface area (Å²) in [5, 5.41) is 1.01. The number of thiazole rings is 1. The lowest BCUT2D eigenvalue weighted by atomic mass is 9.85. The Labute approximate surface area is 170 Å². The zero-order chi connectivity index (χ0) is 19.9. The van der Waals surface area contributed by atoms with Gasteiger partial charge in [0.2, 0.25) is 5.88 Å². The minimum Gasteiger partial charge on any atom is -0.439 e. The summed E-state index contributed by atoms with van der Waals surface area (Å²) in [5.41, 5.74) is 5.77. The minimum atomic E-state index is 0.117. The Kier molecular flexibility index (Phi) is 4.68. The molecule has 0 aliphatic rings. The second-order valence-electron chi connectivity index (χ2n) is 8.12. The molecular formula is C24H24N2OS. The van der Waals surface area contributed by atoms with E-state index in [1.54, 1.807) is 11.3 Å². The Hall–Kier alpha value is -2.72. The van der Waals surface area contributed by atoms with Crippen LogP contribution >= 0.6 is 11.3 Å². The number of pyridine rings is 1. The Morgan fingerprint density at radius 2 is 1.64 bits per heavy atom. The normalized spacial score (nSPS) is 11.8. The molecule has 2 aromatic heterocycles. The van der Waals surface area contributed by atoms with E-state index in [0.29, 0.717) is 5.88 Å². The number of nitrogens with zero attached hydrogens (tertiary/aromatic N) is 2.